The van der Waals surface area contributed by atoms with Crippen molar-refractivity contribution in [2.75, 3.05) is 7.05 Å². The Balaban J connectivity index is 0. The monoisotopic (exact) mass is 126 g/mol. The van der Waals surface area contributed by atoms with Crippen LogP contribution in [0.2, 0.25) is 0 Å². The van der Waals surface area contributed by atoms with Crippen LogP contribution in [-0.2, 0) is 4.79 Å². The number of hydrogen-bond donors (Lipinski definition) is 0. The summed E-state index contributed by atoms with van der Waals surface area (Å²) >= 11 is 0. The first-order valence-electron chi connectivity index (χ1n) is 1.94. The molecule has 0 N–H and O–H groups in total. The molecule has 0 atom stereocenters. The molecule has 0 aromatic carbocycles. The van der Waals surface area contributed by atoms with E-state index >= 15 is 0 Å². The van der Waals surface area contributed by atoms with Crippen LogP contribution in [0, 0.1) is 0 Å². The molecule has 2 nitrogen and oxygen atoms in total. The molecule has 0 unspecified atom stereocenters. The molecule has 0 fully saturated rings. The van der Waals surface area contributed by atoms with Crippen molar-refractivity contribution in [1.29, 1.82) is 0 Å². The van der Waals surface area contributed by atoms with Gasteiger partial charge in [0.2, 0.25) is 5.91 Å². The molecular weight excluding hydrogens is 117 g/mol. The van der Waals surface area contributed by atoms with E-state index in [1.54, 1.807) is 6.92 Å². The van der Waals surface area contributed by atoms with Gasteiger partial charge in [-0.2, -0.15) is 0 Å². The Kier molecular flexibility index (Phi) is 11.1. The van der Waals surface area contributed by atoms with Crippen molar-refractivity contribution in [3.8, 4) is 0 Å². The average Bonchev–Trinajstić information content (AvgIpc) is 1.65. The van der Waals surface area contributed by atoms with E-state index in [0.717, 1.165) is 0 Å². The van der Waals surface area contributed by atoms with E-state index in [1.807, 2.05) is 0 Å². The van der Waals surface area contributed by atoms with Gasteiger partial charge in [-0.3, -0.25) is 10.1 Å². The van der Waals surface area contributed by atoms with Gasteiger partial charge in [-0.15, -0.1) is 0 Å². The molecule has 0 aromatic rings. The predicted octanol–water partition coefficient (Wildman–Crippen LogP) is -0.491. The van der Waals surface area contributed by atoms with Gasteiger partial charge in [0.05, 0.1) is 0 Å². The molecule has 0 aliphatic rings. The fourth-order valence-corrected chi connectivity index (χ4v) is 0.158. The summed E-state index contributed by atoms with van der Waals surface area (Å²) in [5.74, 6) is -0.0324. The van der Waals surface area contributed by atoms with E-state index in [-0.39, 0.29) is 57.3 Å². The van der Waals surface area contributed by atoms with Crippen LogP contribution in [0.5, 0.6) is 0 Å². The van der Waals surface area contributed by atoms with Crippen molar-refractivity contribution in [1.82, 2.24) is 5.32 Å². The summed E-state index contributed by atoms with van der Waals surface area (Å²) in [5, 5.41) is 3.37. The summed E-state index contributed by atoms with van der Waals surface area (Å²) in [6.45, 7) is 1.79. The Hall–Kier alpha value is 1.11. The topological polar surface area (TPSA) is 31.2 Å². The molecule has 0 saturated heterocycles. The summed E-state index contributed by atoms with van der Waals surface area (Å²) in [7, 11) is 1.51. The van der Waals surface area contributed by atoms with Crippen LogP contribution in [-0.4, -0.2) is 64.3 Å². The van der Waals surface area contributed by atoms with Crippen LogP contribution in [0.3, 0.4) is 0 Å². The van der Waals surface area contributed by atoms with Gasteiger partial charge in [0, 0.05) is 13.5 Å². The van der Waals surface area contributed by atoms with Crippen LogP contribution < -0.4 is 5.32 Å². The third kappa shape index (κ3) is 7.11. The normalized spacial score (nSPS) is 6.57. The minimum atomic E-state index is -0.0324. The van der Waals surface area contributed by atoms with Gasteiger partial charge in [0.15, 0.2) is 0 Å². The fraction of sp³-hybridized carbons (Fsp3) is 0.750. The first-order chi connectivity index (χ1) is 2.81. The standard InChI is InChI=1S/C4H8NO.K.H/c1-3-4(6)5-2;;/h3H2,1-2H3;;. The van der Waals surface area contributed by atoms with Gasteiger partial charge in [0.25, 0.3) is 0 Å². The number of amides is 1. The molecule has 0 aromatic heterocycles. The van der Waals surface area contributed by atoms with Gasteiger partial charge in [-0.25, -0.2) is 0 Å². The quantitative estimate of drug-likeness (QED) is 0.436. The zero-order chi connectivity index (χ0) is 4.99. The minimum absolute atomic E-state index is 0. The van der Waals surface area contributed by atoms with Crippen molar-refractivity contribution in [3.63, 3.8) is 0 Å². The molecule has 1 radical (unpaired) electrons. The summed E-state index contributed by atoms with van der Waals surface area (Å²) < 4.78 is 0. The Labute approximate surface area is 86.5 Å². The van der Waals surface area contributed by atoms with E-state index in [2.05, 4.69) is 5.32 Å². The molecule has 0 saturated carbocycles. The second-order valence-electron chi connectivity index (χ2n) is 0.971. The fourth-order valence-electron chi connectivity index (χ4n) is 0.158. The van der Waals surface area contributed by atoms with E-state index in [4.69, 9.17) is 0 Å². The summed E-state index contributed by atoms with van der Waals surface area (Å²) in [5.41, 5.74) is 0. The van der Waals surface area contributed by atoms with E-state index in [0.29, 0.717) is 6.42 Å². The maximum atomic E-state index is 10.0. The summed E-state index contributed by atoms with van der Waals surface area (Å²) in [6, 6.07) is 0. The molecule has 0 spiro atoms. The first kappa shape index (κ1) is 11.0. The van der Waals surface area contributed by atoms with Crippen molar-refractivity contribution in [3.05, 3.63) is 0 Å². The van der Waals surface area contributed by atoms with Gasteiger partial charge < -0.3 is 0 Å². The number of hydrogen-bond acceptors (Lipinski definition) is 1. The first-order valence-corrected chi connectivity index (χ1v) is 1.94. The molecule has 37 valence electrons. The van der Waals surface area contributed by atoms with Crippen molar-refractivity contribution < 1.29 is 4.79 Å². The Bertz CT molecular complexity index is 49.7. The van der Waals surface area contributed by atoms with Crippen LogP contribution in [0.15, 0.2) is 0 Å². The van der Waals surface area contributed by atoms with Gasteiger partial charge >= 0.3 is 51.4 Å². The van der Waals surface area contributed by atoms with Crippen molar-refractivity contribution in [2.45, 2.75) is 13.3 Å². The Morgan fingerprint density at radius 1 is 1.71 bits per heavy atom. The molecule has 3 heteroatoms. The van der Waals surface area contributed by atoms with Crippen LogP contribution >= 0.6 is 0 Å². The number of carbonyl (C=O) groups is 1. The number of carbonyl (C=O) groups excluding carboxylic acids is 1. The zero-order valence-corrected chi connectivity index (χ0v) is 4.06. The van der Waals surface area contributed by atoms with E-state index in [9.17, 15) is 4.79 Å². The molecule has 0 aliphatic heterocycles. The third-order valence-electron chi connectivity index (χ3n) is 0.552. The maximum absolute atomic E-state index is 10.0. The van der Waals surface area contributed by atoms with Gasteiger partial charge in [-0.05, 0) is 0 Å². The van der Waals surface area contributed by atoms with Crippen molar-refractivity contribution in [2.24, 2.45) is 0 Å². The molecule has 1 amide bonds. The van der Waals surface area contributed by atoms with Crippen molar-refractivity contribution >= 4 is 57.3 Å². The summed E-state index contributed by atoms with van der Waals surface area (Å²) in [4.78, 5) is 10.0. The van der Waals surface area contributed by atoms with Crippen LogP contribution in [0.1, 0.15) is 13.3 Å². The third-order valence-corrected chi connectivity index (χ3v) is 0.552. The van der Waals surface area contributed by atoms with E-state index in [1.165, 1.54) is 7.05 Å². The predicted molar refractivity (Wildman–Crippen MR) is 30.5 cm³/mol. The molecule has 7 heavy (non-hydrogen) atoms. The Morgan fingerprint density at radius 2 is 2.14 bits per heavy atom. The van der Waals surface area contributed by atoms with Crippen LogP contribution in [0.4, 0.5) is 0 Å². The molecule has 0 heterocycles. The second kappa shape index (κ2) is 7.11. The van der Waals surface area contributed by atoms with Crippen LogP contribution in [0.25, 0.3) is 0 Å². The van der Waals surface area contributed by atoms with Gasteiger partial charge in [-0.1, -0.05) is 6.92 Å². The summed E-state index contributed by atoms with van der Waals surface area (Å²) in [6.07, 6.45) is 0.524. The SMILES string of the molecule is CCC(=O)[N]C.[KH]. The average molecular weight is 126 g/mol. The number of rotatable bonds is 1. The molecule has 0 rings (SSSR count). The molecular formula is C4H9KNO. The van der Waals surface area contributed by atoms with E-state index < -0.39 is 0 Å². The molecule has 0 aliphatic carbocycles. The molecule has 0 bridgehead atoms. The van der Waals surface area contributed by atoms with Gasteiger partial charge in [0.1, 0.15) is 0 Å². The second-order valence-corrected chi connectivity index (χ2v) is 0.971. The zero-order valence-electron chi connectivity index (χ0n) is 4.06. The number of nitrogens with zero attached hydrogens (tertiary/aromatic N) is 1. The Morgan fingerprint density at radius 3 is 2.14 bits per heavy atom.